The number of hydrogen-bond donors (Lipinski definition) is 0. The van der Waals surface area contributed by atoms with Crippen LogP contribution in [0.2, 0.25) is 0 Å². The maximum atomic E-state index is 2.36. The summed E-state index contributed by atoms with van der Waals surface area (Å²) in [5.41, 5.74) is 6.80. The zero-order chi connectivity index (χ0) is 16.5. The zero-order valence-corrected chi connectivity index (χ0v) is 14.8. The summed E-state index contributed by atoms with van der Waals surface area (Å²) in [7, 11) is 2.20. The number of hydrogen-bond acceptors (Lipinski definition) is 0. The Bertz CT molecular complexity index is 872. The van der Waals surface area contributed by atoms with Gasteiger partial charge in [0.05, 0.1) is 0 Å². The minimum atomic E-state index is 0.886. The lowest BCUT2D eigenvalue weighted by Crippen LogP contribution is -2.32. The number of aromatic nitrogens is 1. The van der Waals surface area contributed by atoms with Crippen LogP contribution in [0.15, 0.2) is 54.6 Å². The van der Waals surface area contributed by atoms with Crippen LogP contribution < -0.4 is 4.57 Å². The molecular weight excluding hydrogens is 290 g/mol. The van der Waals surface area contributed by atoms with Crippen LogP contribution in [0, 0.1) is 12.8 Å². The molecular formula is C23H26N+. The molecule has 0 spiro atoms. The number of rotatable bonds is 3. The number of pyridine rings is 1. The second-order valence-corrected chi connectivity index (χ2v) is 7.30. The molecule has 0 unspecified atom stereocenters. The summed E-state index contributed by atoms with van der Waals surface area (Å²) >= 11 is 0. The van der Waals surface area contributed by atoms with E-state index in [0.717, 1.165) is 5.92 Å². The summed E-state index contributed by atoms with van der Waals surface area (Å²) in [6, 6.07) is 20.1. The Morgan fingerprint density at radius 3 is 2.50 bits per heavy atom. The van der Waals surface area contributed by atoms with Crippen molar-refractivity contribution in [3.63, 3.8) is 0 Å². The van der Waals surface area contributed by atoms with Crippen molar-refractivity contribution in [1.82, 2.24) is 0 Å². The highest BCUT2D eigenvalue weighted by Gasteiger charge is 2.20. The van der Waals surface area contributed by atoms with Gasteiger partial charge in [-0.3, -0.25) is 0 Å². The molecule has 1 nitrogen and oxygen atoms in total. The highest BCUT2D eigenvalue weighted by Crippen LogP contribution is 2.31. The van der Waals surface area contributed by atoms with Gasteiger partial charge in [-0.1, -0.05) is 56.0 Å². The van der Waals surface area contributed by atoms with Gasteiger partial charge in [0.1, 0.15) is 7.05 Å². The normalized spacial score (nSPS) is 15.2. The van der Waals surface area contributed by atoms with Crippen molar-refractivity contribution < 1.29 is 4.57 Å². The van der Waals surface area contributed by atoms with Crippen LogP contribution in [0.25, 0.3) is 22.2 Å². The fourth-order valence-electron chi connectivity index (χ4n) is 4.32. The van der Waals surface area contributed by atoms with E-state index in [1.54, 1.807) is 0 Å². The molecule has 3 aromatic rings. The Morgan fingerprint density at radius 2 is 1.71 bits per heavy atom. The van der Waals surface area contributed by atoms with Crippen LogP contribution in [0.3, 0.4) is 0 Å². The average Bonchev–Trinajstić information content (AvgIpc) is 3.10. The maximum Gasteiger partial charge on any atom is 0.213 e. The van der Waals surface area contributed by atoms with Gasteiger partial charge in [0.2, 0.25) is 11.2 Å². The molecule has 4 rings (SSSR count). The Morgan fingerprint density at radius 1 is 0.917 bits per heavy atom. The smallest absolute Gasteiger partial charge is 0.194 e. The zero-order valence-electron chi connectivity index (χ0n) is 14.8. The second-order valence-electron chi connectivity index (χ2n) is 7.30. The van der Waals surface area contributed by atoms with E-state index in [0.29, 0.717) is 0 Å². The van der Waals surface area contributed by atoms with E-state index in [9.17, 15) is 0 Å². The molecule has 1 fully saturated rings. The topological polar surface area (TPSA) is 3.88 Å². The van der Waals surface area contributed by atoms with E-state index in [4.69, 9.17) is 0 Å². The van der Waals surface area contributed by atoms with Gasteiger partial charge >= 0.3 is 0 Å². The minimum Gasteiger partial charge on any atom is -0.194 e. The molecule has 0 aliphatic heterocycles. The number of fused-ring (bicyclic) bond motifs is 1. The fourth-order valence-corrected chi connectivity index (χ4v) is 4.32. The Kier molecular flexibility index (Phi) is 4.10. The van der Waals surface area contributed by atoms with Crippen LogP contribution in [0.1, 0.15) is 36.8 Å². The van der Waals surface area contributed by atoms with E-state index in [2.05, 4.69) is 73.1 Å². The highest BCUT2D eigenvalue weighted by atomic mass is 14.9. The fraction of sp³-hybridized carbons (Fsp3) is 0.348. The number of nitrogens with zero attached hydrogens (tertiary/aromatic N) is 1. The molecule has 1 aliphatic carbocycles. The van der Waals surface area contributed by atoms with Crippen molar-refractivity contribution in [2.75, 3.05) is 0 Å². The van der Waals surface area contributed by atoms with Gasteiger partial charge in [-0.2, -0.15) is 4.57 Å². The van der Waals surface area contributed by atoms with Crippen molar-refractivity contribution in [1.29, 1.82) is 0 Å². The molecule has 1 heteroatoms. The van der Waals surface area contributed by atoms with Gasteiger partial charge in [0, 0.05) is 23.1 Å². The molecule has 1 saturated carbocycles. The third-order valence-corrected chi connectivity index (χ3v) is 5.71. The molecule has 2 aromatic carbocycles. The van der Waals surface area contributed by atoms with Gasteiger partial charge < -0.3 is 0 Å². The standard InChI is InChI=1S/C23H26N/c1-17-8-3-6-12-20(17)23-15-14-21-19(16-18-9-4-5-10-18)11-7-13-22(21)24(23)2/h3,6-8,11-15,18H,4-5,9-10,16H2,1-2H3/q+1. The van der Waals surface area contributed by atoms with Gasteiger partial charge in [-0.15, -0.1) is 0 Å². The summed E-state index contributed by atoms with van der Waals surface area (Å²) < 4.78 is 2.36. The molecule has 0 amide bonds. The SMILES string of the molecule is Cc1ccccc1-c1ccc2c(CC3CCCC3)cccc2[n+]1C. The second kappa shape index (κ2) is 6.39. The van der Waals surface area contributed by atoms with Crippen LogP contribution >= 0.6 is 0 Å². The third kappa shape index (κ3) is 2.73. The first kappa shape index (κ1) is 15.4. The molecule has 0 saturated heterocycles. The molecule has 1 aliphatic rings. The van der Waals surface area contributed by atoms with Crippen LogP contribution in [0.4, 0.5) is 0 Å². The van der Waals surface area contributed by atoms with Crippen molar-refractivity contribution in [2.24, 2.45) is 13.0 Å². The molecule has 24 heavy (non-hydrogen) atoms. The minimum absolute atomic E-state index is 0.886. The first-order valence-electron chi connectivity index (χ1n) is 9.20. The molecule has 1 heterocycles. The Hall–Kier alpha value is -2.15. The number of benzene rings is 2. The van der Waals surface area contributed by atoms with E-state index >= 15 is 0 Å². The van der Waals surface area contributed by atoms with Gasteiger partial charge in [0.25, 0.3) is 0 Å². The van der Waals surface area contributed by atoms with Gasteiger partial charge in [0.15, 0.2) is 0 Å². The van der Waals surface area contributed by atoms with Gasteiger partial charge in [-0.25, -0.2) is 0 Å². The largest absolute Gasteiger partial charge is 0.213 e. The monoisotopic (exact) mass is 316 g/mol. The summed E-state index contributed by atoms with van der Waals surface area (Å²) in [5, 5.41) is 1.42. The molecule has 0 atom stereocenters. The molecule has 122 valence electrons. The summed E-state index contributed by atoms with van der Waals surface area (Å²) in [4.78, 5) is 0. The van der Waals surface area contributed by atoms with Crippen LogP contribution in [0.5, 0.6) is 0 Å². The quantitative estimate of drug-likeness (QED) is 0.572. The lowest BCUT2D eigenvalue weighted by atomic mass is 9.94. The predicted octanol–water partition coefficient (Wildman–Crippen LogP) is 5.37. The first-order chi connectivity index (χ1) is 11.7. The van der Waals surface area contributed by atoms with Crippen molar-refractivity contribution in [2.45, 2.75) is 39.0 Å². The van der Waals surface area contributed by atoms with Crippen LogP contribution in [-0.2, 0) is 13.5 Å². The van der Waals surface area contributed by atoms with E-state index < -0.39 is 0 Å². The Labute approximate surface area is 145 Å². The van der Waals surface area contributed by atoms with Crippen molar-refractivity contribution >= 4 is 10.9 Å². The van der Waals surface area contributed by atoms with E-state index in [-0.39, 0.29) is 0 Å². The van der Waals surface area contributed by atoms with Crippen LogP contribution in [-0.4, -0.2) is 0 Å². The van der Waals surface area contributed by atoms with Crippen molar-refractivity contribution in [3.05, 3.63) is 65.7 Å². The third-order valence-electron chi connectivity index (χ3n) is 5.71. The molecule has 1 aromatic heterocycles. The summed E-state index contributed by atoms with van der Waals surface area (Å²) in [5.74, 6) is 0.886. The highest BCUT2D eigenvalue weighted by molar-refractivity contribution is 5.81. The van der Waals surface area contributed by atoms with Gasteiger partial charge in [-0.05, 0) is 42.5 Å². The predicted molar refractivity (Wildman–Crippen MR) is 101 cm³/mol. The molecule has 0 radical (unpaired) electrons. The summed E-state index contributed by atoms with van der Waals surface area (Å²) in [6.45, 7) is 2.19. The summed E-state index contributed by atoms with van der Waals surface area (Å²) in [6.07, 6.45) is 6.88. The Balaban J connectivity index is 1.81. The maximum absolute atomic E-state index is 2.36. The van der Waals surface area contributed by atoms with E-state index in [1.165, 1.54) is 65.4 Å². The lowest BCUT2D eigenvalue weighted by molar-refractivity contribution is -0.633. The lowest BCUT2D eigenvalue weighted by Gasteiger charge is -2.12. The average molecular weight is 316 g/mol. The molecule has 0 N–H and O–H groups in total. The number of aryl methyl sites for hydroxylation is 2. The first-order valence-corrected chi connectivity index (χ1v) is 9.20. The van der Waals surface area contributed by atoms with Crippen molar-refractivity contribution in [3.8, 4) is 11.3 Å². The van der Waals surface area contributed by atoms with E-state index in [1.807, 2.05) is 0 Å². The molecule has 0 bridgehead atoms.